The highest BCUT2D eigenvalue weighted by molar-refractivity contribution is 9.10. The van der Waals surface area contributed by atoms with Crippen LogP contribution in [0.2, 0.25) is 0 Å². The first-order chi connectivity index (χ1) is 12.1. The number of fused-ring (bicyclic) bond motifs is 3. The fourth-order valence-electron chi connectivity index (χ4n) is 2.57. The Balaban J connectivity index is 2.37. The van der Waals surface area contributed by atoms with Crippen molar-refractivity contribution >= 4 is 49.3 Å². The van der Waals surface area contributed by atoms with Crippen LogP contribution in [0.3, 0.4) is 0 Å². The van der Waals surface area contributed by atoms with Gasteiger partial charge in [0.05, 0.1) is 27.8 Å². The summed E-state index contributed by atoms with van der Waals surface area (Å²) in [5, 5.41) is 1.42. The van der Waals surface area contributed by atoms with Crippen LogP contribution in [-0.2, 0) is 4.79 Å². The number of anilines is 1. The van der Waals surface area contributed by atoms with Gasteiger partial charge in [0.2, 0.25) is 0 Å². The summed E-state index contributed by atoms with van der Waals surface area (Å²) in [5.74, 6) is 0.163. The van der Waals surface area contributed by atoms with Crippen molar-refractivity contribution in [1.82, 2.24) is 0 Å². The third-order valence-electron chi connectivity index (χ3n) is 3.95. The molecule has 0 saturated heterocycles. The van der Waals surface area contributed by atoms with Gasteiger partial charge in [-0.05, 0) is 54.9 Å². The van der Waals surface area contributed by atoms with Crippen LogP contribution in [0, 0.1) is 5.41 Å². The highest BCUT2D eigenvalue weighted by Gasteiger charge is 2.26. The molecule has 0 spiro atoms. The van der Waals surface area contributed by atoms with E-state index in [-0.39, 0.29) is 5.75 Å². The average molecular weight is 420 g/mol. The summed E-state index contributed by atoms with van der Waals surface area (Å²) in [5.41, 5.74) is 5.43. The summed E-state index contributed by atoms with van der Waals surface area (Å²) >= 11 is 3.34. The Kier molecular flexibility index (Phi) is 4.44. The number of methoxy groups -OCH3 is 1. The van der Waals surface area contributed by atoms with Gasteiger partial charge in [-0.3, -0.25) is 4.79 Å². The monoisotopic (exact) mass is 419 g/mol. The van der Waals surface area contributed by atoms with E-state index >= 15 is 0 Å². The van der Waals surface area contributed by atoms with Crippen LogP contribution in [0.15, 0.2) is 37.9 Å². The maximum atomic E-state index is 12.4. The third-order valence-corrected chi connectivity index (χ3v) is 4.80. The molecule has 0 aliphatic heterocycles. The van der Waals surface area contributed by atoms with E-state index in [4.69, 9.17) is 19.6 Å². The van der Waals surface area contributed by atoms with Gasteiger partial charge in [0, 0.05) is 11.1 Å². The number of rotatable bonds is 2. The topological polar surface area (TPSA) is 91.8 Å². The predicted octanol–water partition coefficient (Wildman–Crippen LogP) is 4.25. The van der Waals surface area contributed by atoms with Gasteiger partial charge in [-0.1, -0.05) is 6.07 Å². The molecule has 3 aromatic rings. The van der Waals surface area contributed by atoms with Gasteiger partial charge >= 0.3 is 11.6 Å². The first-order valence-electron chi connectivity index (χ1n) is 7.89. The molecule has 136 valence electrons. The van der Waals surface area contributed by atoms with Crippen LogP contribution < -0.4 is 20.8 Å². The molecule has 26 heavy (non-hydrogen) atoms. The van der Waals surface area contributed by atoms with Crippen molar-refractivity contribution in [3.8, 4) is 11.5 Å². The summed E-state index contributed by atoms with van der Waals surface area (Å²) in [6, 6.07) is 6.52. The number of benzene rings is 2. The summed E-state index contributed by atoms with van der Waals surface area (Å²) in [6.45, 7) is 5.28. The van der Waals surface area contributed by atoms with Crippen molar-refractivity contribution in [3.63, 3.8) is 0 Å². The quantitative estimate of drug-likeness (QED) is 0.219. The standard InChI is InChI=1S/C19H18BrNO5/c1-19(2,3)18(23)26-12-8-7-11-13(16(12)24-4)9-5-6-10(21)15(20)14(9)17(22)25-11/h5-8H,21H2,1-4H3. The predicted molar refractivity (Wildman–Crippen MR) is 104 cm³/mol. The molecular formula is C19H18BrNO5. The second-order valence-electron chi connectivity index (χ2n) is 6.89. The number of carbonyl (C=O) groups excluding carboxylic acids is 1. The summed E-state index contributed by atoms with van der Waals surface area (Å²) in [6.07, 6.45) is 0. The molecule has 0 saturated carbocycles. The maximum Gasteiger partial charge on any atom is 0.345 e. The normalized spacial score (nSPS) is 11.7. The molecule has 0 amide bonds. The zero-order valence-electron chi connectivity index (χ0n) is 14.8. The summed E-state index contributed by atoms with van der Waals surface area (Å²) < 4.78 is 16.9. The molecule has 0 unspecified atom stereocenters. The average Bonchev–Trinajstić information content (AvgIpc) is 2.57. The Morgan fingerprint density at radius 2 is 1.85 bits per heavy atom. The fraction of sp³-hybridized carbons (Fsp3) is 0.263. The van der Waals surface area contributed by atoms with E-state index in [1.165, 1.54) is 7.11 Å². The van der Waals surface area contributed by atoms with E-state index in [1.54, 1.807) is 45.0 Å². The van der Waals surface area contributed by atoms with Crippen LogP contribution in [0.25, 0.3) is 21.7 Å². The van der Waals surface area contributed by atoms with Crippen LogP contribution >= 0.6 is 15.9 Å². The minimum Gasteiger partial charge on any atom is -0.492 e. The number of nitrogens with two attached hydrogens (primary N) is 1. The minimum atomic E-state index is -0.678. The SMILES string of the molecule is COc1c(OC(=O)C(C)(C)C)ccc2oc(=O)c3c(Br)c(N)ccc3c12. The number of esters is 1. The largest absolute Gasteiger partial charge is 0.492 e. The number of nitrogen functional groups attached to an aromatic ring is 1. The molecule has 0 atom stereocenters. The first kappa shape index (κ1) is 18.3. The first-order valence-corrected chi connectivity index (χ1v) is 8.68. The van der Waals surface area contributed by atoms with Gasteiger partial charge in [0.1, 0.15) is 5.58 Å². The van der Waals surface area contributed by atoms with Crippen LogP contribution in [-0.4, -0.2) is 13.1 Å². The molecule has 1 heterocycles. The Morgan fingerprint density at radius 1 is 1.15 bits per heavy atom. The molecule has 6 nitrogen and oxygen atoms in total. The lowest BCUT2D eigenvalue weighted by Crippen LogP contribution is -2.25. The van der Waals surface area contributed by atoms with Crippen LogP contribution in [0.1, 0.15) is 20.8 Å². The molecule has 0 aliphatic rings. The summed E-state index contributed by atoms with van der Waals surface area (Å²) in [4.78, 5) is 24.7. The van der Waals surface area contributed by atoms with E-state index in [9.17, 15) is 9.59 Å². The van der Waals surface area contributed by atoms with E-state index in [0.29, 0.717) is 37.7 Å². The van der Waals surface area contributed by atoms with Crippen molar-refractivity contribution in [3.05, 3.63) is 39.2 Å². The molecule has 3 rings (SSSR count). The van der Waals surface area contributed by atoms with Crippen molar-refractivity contribution in [2.45, 2.75) is 20.8 Å². The van der Waals surface area contributed by atoms with E-state index in [2.05, 4.69) is 15.9 Å². The van der Waals surface area contributed by atoms with Gasteiger partial charge in [-0.2, -0.15) is 0 Å². The Hall–Kier alpha value is -2.54. The zero-order chi connectivity index (χ0) is 19.2. The number of carbonyl (C=O) groups is 1. The number of hydrogen-bond acceptors (Lipinski definition) is 6. The summed E-state index contributed by atoms with van der Waals surface area (Å²) in [7, 11) is 1.46. The van der Waals surface area contributed by atoms with Crippen molar-refractivity contribution < 1.29 is 18.7 Å². The van der Waals surface area contributed by atoms with Gasteiger partial charge in [0.15, 0.2) is 11.5 Å². The maximum absolute atomic E-state index is 12.4. The number of hydrogen-bond donors (Lipinski definition) is 1. The lowest BCUT2D eigenvalue weighted by Gasteiger charge is -2.18. The Bertz CT molecular complexity index is 1100. The molecule has 7 heteroatoms. The van der Waals surface area contributed by atoms with Crippen molar-refractivity contribution in [1.29, 1.82) is 0 Å². The van der Waals surface area contributed by atoms with Crippen LogP contribution in [0.4, 0.5) is 5.69 Å². The molecule has 0 radical (unpaired) electrons. The Morgan fingerprint density at radius 3 is 2.46 bits per heavy atom. The number of ether oxygens (including phenoxy) is 2. The van der Waals surface area contributed by atoms with Gasteiger partial charge in [0.25, 0.3) is 0 Å². The molecule has 1 aromatic heterocycles. The van der Waals surface area contributed by atoms with Crippen LogP contribution in [0.5, 0.6) is 11.5 Å². The van der Waals surface area contributed by atoms with Crippen molar-refractivity contribution in [2.24, 2.45) is 5.41 Å². The number of halogens is 1. The minimum absolute atomic E-state index is 0.253. The highest BCUT2D eigenvalue weighted by Crippen LogP contribution is 2.41. The fourth-order valence-corrected chi connectivity index (χ4v) is 3.08. The van der Waals surface area contributed by atoms with E-state index < -0.39 is 17.0 Å². The third kappa shape index (κ3) is 2.92. The smallest absolute Gasteiger partial charge is 0.345 e. The van der Waals surface area contributed by atoms with Crippen molar-refractivity contribution in [2.75, 3.05) is 12.8 Å². The molecule has 0 aliphatic carbocycles. The Labute approximate surface area is 158 Å². The molecular weight excluding hydrogens is 402 g/mol. The second-order valence-corrected chi connectivity index (χ2v) is 7.68. The van der Waals surface area contributed by atoms with Gasteiger partial charge in [-0.25, -0.2) is 4.79 Å². The highest BCUT2D eigenvalue weighted by atomic mass is 79.9. The van der Waals surface area contributed by atoms with E-state index in [1.807, 2.05) is 0 Å². The second kappa shape index (κ2) is 6.32. The molecule has 0 fully saturated rings. The lowest BCUT2D eigenvalue weighted by molar-refractivity contribution is -0.143. The lowest BCUT2D eigenvalue weighted by atomic mass is 9.97. The van der Waals surface area contributed by atoms with E-state index in [0.717, 1.165) is 0 Å². The molecule has 2 N–H and O–H groups in total. The van der Waals surface area contributed by atoms with Gasteiger partial charge in [-0.15, -0.1) is 0 Å². The van der Waals surface area contributed by atoms with Gasteiger partial charge < -0.3 is 19.6 Å². The zero-order valence-corrected chi connectivity index (χ0v) is 16.4. The molecule has 2 aromatic carbocycles. The molecule has 0 bridgehead atoms.